The maximum atomic E-state index is 11.8. The molecule has 0 fully saturated rings. The molecule has 1 heterocycles. The van der Waals surface area contributed by atoms with E-state index in [1.165, 1.54) is 12.1 Å². The summed E-state index contributed by atoms with van der Waals surface area (Å²) in [5.74, 6) is -1.05. The minimum atomic E-state index is -3.77. The van der Waals surface area contributed by atoms with Gasteiger partial charge in [-0.15, -0.1) is 11.3 Å². The summed E-state index contributed by atoms with van der Waals surface area (Å²) in [7, 11) is -3.77. The fraction of sp³-hybridized carbons (Fsp3) is 0.500. The average Bonchev–Trinajstić information content (AvgIpc) is 2.76. The summed E-state index contributed by atoms with van der Waals surface area (Å²) in [4.78, 5) is 10.9. The van der Waals surface area contributed by atoms with Crippen molar-refractivity contribution >= 4 is 27.3 Å². The molecule has 10 heteroatoms. The van der Waals surface area contributed by atoms with Crippen molar-refractivity contribution in [3.05, 3.63) is 17.0 Å². The van der Waals surface area contributed by atoms with Gasteiger partial charge in [0, 0.05) is 11.4 Å². The minimum absolute atomic E-state index is 0.0254. The Balaban J connectivity index is 2.47. The van der Waals surface area contributed by atoms with E-state index in [2.05, 4.69) is 9.46 Å². The molecule has 0 aromatic carbocycles. The fourth-order valence-corrected chi connectivity index (χ4v) is 3.64. The maximum Gasteiger partial charge on any atom is 0.308 e. The third-order valence-corrected chi connectivity index (χ3v) is 5.05. The van der Waals surface area contributed by atoms with Crippen LogP contribution in [0, 0.1) is 0 Å². The first-order chi connectivity index (χ1) is 9.31. The molecule has 2 N–H and O–H groups in total. The Morgan fingerprint density at radius 3 is 2.75 bits per heavy atom. The zero-order valence-electron chi connectivity index (χ0n) is 10.2. The summed E-state index contributed by atoms with van der Waals surface area (Å²) in [6, 6.07) is 2.71. The number of carboxylic acid groups (broad SMARTS) is 1. The van der Waals surface area contributed by atoms with E-state index >= 15 is 0 Å². The van der Waals surface area contributed by atoms with Crippen LogP contribution in [-0.2, 0) is 26.0 Å². The average molecular weight is 329 g/mol. The molecule has 0 aliphatic heterocycles. The van der Waals surface area contributed by atoms with E-state index in [1.807, 2.05) is 0 Å². The Hall–Kier alpha value is -1.10. The van der Waals surface area contributed by atoms with Crippen molar-refractivity contribution in [1.29, 1.82) is 0 Å². The molecule has 0 aliphatic rings. The number of aliphatic carboxylic acids is 1. The summed E-state index contributed by atoms with van der Waals surface area (Å²) in [6.45, 7) is -1.05. The van der Waals surface area contributed by atoms with Gasteiger partial charge in [-0.2, -0.15) is 0 Å². The summed E-state index contributed by atoms with van der Waals surface area (Å²) in [6.07, 6.45) is -2.85. The highest BCUT2D eigenvalue weighted by Crippen LogP contribution is 2.21. The van der Waals surface area contributed by atoms with Crippen LogP contribution in [0.1, 0.15) is 4.88 Å². The highest BCUT2D eigenvalue weighted by Gasteiger charge is 2.17. The normalized spacial score (nSPS) is 11.9. The molecule has 0 aliphatic carbocycles. The van der Waals surface area contributed by atoms with Crippen LogP contribution < -0.4 is 4.72 Å². The molecule has 0 spiro atoms. The van der Waals surface area contributed by atoms with Crippen LogP contribution in [0.5, 0.6) is 0 Å². The molecule has 1 rings (SSSR count). The third kappa shape index (κ3) is 5.90. The van der Waals surface area contributed by atoms with Gasteiger partial charge in [-0.3, -0.25) is 4.79 Å². The van der Waals surface area contributed by atoms with Crippen molar-refractivity contribution in [1.82, 2.24) is 4.72 Å². The molecule has 114 valence electrons. The first-order valence-corrected chi connectivity index (χ1v) is 7.77. The van der Waals surface area contributed by atoms with Crippen molar-refractivity contribution in [3.63, 3.8) is 0 Å². The number of carbonyl (C=O) groups is 1. The van der Waals surface area contributed by atoms with Crippen molar-refractivity contribution in [2.24, 2.45) is 0 Å². The van der Waals surface area contributed by atoms with Crippen molar-refractivity contribution < 1.29 is 31.8 Å². The predicted molar refractivity (Wildman–Crippen MR) is 67.7 cm³/mol. The van der Waals surface area contributed by atoms with Gasteiger partial charge in [0.1, 0.15) is 10.8 Å². The van der Waals surface area contributed by atoms with Crippen LogP contribution in [0.25, 0.3) is 0 Å². The first-order valence-electron chi connectivity index (χ1n) is 5.47. The van der Waals surface area contributed by atoms with Crippen LogP contribution in [0.4, 0.5) is 8.78 Å². The lowest BCUT2D eigenvalue weighted by atomic mass is 10.3. The minimum Gasteiger partial charge on any atom is -0.481 e. The van der Waals surface area contributed by atoms with Crippen molar-refractivity contribution in [2.45, 2.75) is 17.1 Å². The molecular weight excluding hydrogens is 316 g/mol. The lowest BCUT2D eigenvalue weighted by molar-refractivity contribution is -0.136. The Labute approximate surface area is 118 Å². The Kier molecular flexibility index (Phi) is 6.46. The fourth-order valence-electron chi connectivity index (χ4n) is 1.24. The number of thiophene rings is 1. The van der Waals surface area contributed by atoms with E-state index in [0.717, 1.165) is 11.3 Å². The van der Waals surface area contributed by atoms with E-state index in [4.69, 9.17) is 5.11 Å². The number of hydrogen-bond donors (Lipinski definition) is 2. The lowest BCUT2D eigenvalue weighted by Gasteiger charge is -2.05. The van der Waals surface area contributed by atoms with Gasteiger partial charge < -0.3 is 9.84 Å². The molecule has 0 radical (unpaired) electrons. The van der Waals surface area contributed by atoms with Crippen molar-refractivity contribution in [2.75, 3.05) is 19.8 Å². The van der Waals surface area contributed by atoms with Crippen molar-refractivity contribution in [3.8, 4) is 0 Å². The van der Waals surface area contributed by atoms with Gasteiger partial charge in [-0.1, -0.05) is 0 Å². The first kappa shape index (κ1) is 17.0. The molecule has 0 amide bonds. The zero-order valence-corrected chi connectivity index (χ0v) is 11.8. The topological polar surface area (TPSA) is 92.7 Å². The quantitative estimate of drug-likeness (QED) is 0.658. The number of hydrogen-bond acceptors (Lipinski definition) is 5. The molecule has 0 bridgehead atoms. The Morgan fingerprint density at radius 2 is 2.15 bits per heavy atom. The van der Waals surface area contributed by atoms with Crippen LogP contribution >= 0.6 is 11.3 Å². The molecule has 0 saturated heterocycles. The van der Waals surface area contributed by atoms with Gasteiger partial charge in [0.05, 0.1) is 13.0 Å². The van der Waals surface area contributed by atoms with Gasteiger partial charge in [0.2, 0.25) is 10.0 Å². The maximum absolute atomic E-state index is 11.8. The zero-order chi connectivity index (χ0) is 15.2. The number of ether oxygens (including phenoxy) is 1. The molecule has 0 atom stereocenters. The monoisotopic (exact) mass is 329 g/mol. The Bertz CT molecular complexity index is 544. The van der Waals surface area contributed by atoms with Crippen LogP contribution in [0.3, 0.4) is 0 Å². The second-order valence-corrected chi connectivity index (χ2v) is 6.82. The largest absolute Gasteiger partial charge is 0.481 e. The van der Waals surface area contributed by atoms with E-state index < -0.39 is 29.0 Å². The van der Waals surface area contributed by atoms with Crippen LogP contribution in [0.2, 0.25) is 0 Å². The Morgan fingerprint density at radius 1 is 1.45 bits per heavy atom. The predicted octanol–water partition coefficient (Wildman–Crippen LogP) is 0.935. The van der Waals surface area contributed by atoms with Gasteiger partial charge in [-0.05, 0) is 12.1 Å². The second-order valence-electron chi connectivity index (χ2n) is 3.66. The molecule has 0 saturated carbocycles. The molecule has 1 aromatic heterocycles. The summed E-state index contributed by atoms with van der Waals surface area (Å²) in [5.41, 5.74) is 0. The lowest BCUT2D eigenvalue weighted by Crippen LogP contribution is -2.27. The summed E-state index contributed by atoms with van der Waals surface area (Å²) >= 11 is 0.845. The van der Waals surface area contributed by atoms with Crippen LogP contribution in [-0.4, -0.2) is 45.7 Å². The SMILES string of the molecule is O=C(O)Cc1ccc(S(=O)(=O)NCCOCC(F)F)s1. The standard InChI is InChI=1S/C10H13F2NO5S2/c11-8(12)6-18-4-3-13-20(16,17)10-2-1-7(19-10)5-9(14)15/h1-2,8,13H,3-6H2,(H,14,15). The molecule has 0 unspecified atom stereocenters. The number of rotatable bonds is 9. The van der Waals surface area contributed by atoms with Gasteiger partial charge in [0.25, 0.3) is 6.43 Å². The van der Waals surface area contributed by atoms with Gasteiger partial charge in [0.15, 0.2) is 0 Å². The summed E-state index contributed by atoms with van der Waals surface area (Å²) < 4.78 is 53.8. The summed E-state index contributed by atoms with van der Waals surface area (Å²) in [5, 5.41) is 8.59. The number of sulfonamides is 1. The highest BCUT2D eigenvalue weighted by molar-refractivity contribution is 7.91. The van der Waals surface area contributed by atoms with E-state index in [0.29, 0.717) is 4.88 Å². The molecule has 6 nitrogen and oxygen atoms in total. The number of alkyl halides is 2. The number of carboxylic acids is 1. The second kappa shape index (κ2) is 7.62. The van der Waals surface area contributed by atoms with E-state index in [-0.39, 0.29) is 23.8 Å². The molecular formula is C10H13F2NO5S2. The van der Waals surface area contributed by atoms with Gasteiger partial charge >= 0.3 is 5.97 Å². The molecule has 1 aromatic rings. The number of nitrogens with one attached hydrogen (secondary N) is 1. The van der Waals surface area contributed by atoms with Crippen LogP contribution in [0.15, 0.2) is 16.3 Å². The molecule has 20 heavy (non-hydrogen) atoms. The van der Waals surface area contributed by atoms with Gasteiger partial charge in [-0.25, -0.2) is 21.9 Å². The van der Waals surface area contributed by atoms with E-state index in [1.54, 1.807) is 0 Å². The third-order valence-electron chi connectivity index (χ3n) is 2.01. The smallest absolute Gasteiger partial charge is 0.308 e. The highest BCUT2D eigenvalue weighted by atomic mass is 32.2. The number of halogens is 2. The van der Waals surface area contributed by atoms with E-state index in [9.17, 15) is 22.0 Å².